The molecule has 0 amide bonds. The SMILES string of the molecule is CCCN(CCC)c1cc(N/N=C/c2cccc(C)c2)nc(OCCCC(=O)OC2CCCCC2)c1. The third-order valence-electron chi connectivity index (χ3n) is 6.20. The number of hydrogen-bond acceptors (Lipinski definition) is 7. The second-order valence-electron chi connectivity index (χ2n) is 9.52. The summed E-state index contributed by atoms with van der Waals surface area (Å²) < 4.78 is 11.6. The number of benzene rings is 1. The summed E-state index contributed by atoms with van der Waals surface area (Å²) in [4.78, 5) is 19.1. The number of carbonyl (C=O) groups excluding carboxylic acids is 1. The third kappa shape index (κ3) is 9.51. The van der Waals surface area contributed by atoms with E-state index in [1.807, 2.05) is 24.3 Å². The molecule has 3 rings (SSSR count). The topological polar surface area (TPSA) is 76.0 Å². The van der Waals surface area contributed by atoms with Crippen molar-refractivity contribution >= 4 is 23.7 Å². The minimum atomic E-state index is -0.128. The highest BCUT2D eigenvalue weighted by Crippen LogP contribution is 2.25. The van der Waals surface area contributed by atoms with E-state index in [1.165, 1.54) is 12.0 Å². The van der Waals surface area contributed by atoms with Crippen molar-refractivity contribution in [3.8, 4) is 5.88 Å². The lowest BCUT2D eigenvalue weighted by Crippen LogP contribution is -2.25. The van der Waals surface area contributed by atoms with Gasteiger partial charge in [0, 0.05) is 37.3 Å². The summed E-state index contributed by atoms with van der Waals surface area (Å²) in [6.07, 6.45) is 10.5. The van der Waals surface area contributed by atoms with Crippen LogP contribution in [0.2, 0.25) is 0 Å². The molecule has 36 heavy (non-hydrogen) atoms. The number of ether oxygens (including phenoxy) is 2. The fraction of sp³-hybridized carbons (Fsp3) is 0.552. The molecule has 1 saturated carbocycles. The highest BCUT2D eigenvalue weighted by molar-refractivity contribution is 5.80. The zero-order valence-corrected chi connectivity index (χ0v) is 22.2. The highest BCUT2D eigenvalue weighted by Gasteiger charge is 2.17. The maximum atomic E-state index is 12.2. The Morgan fingerprint density at radius 3 is 2.64 bits per heavy atom. The summed E-state index contributed by atoms with van der Waals surface area (Å²) in [5.74, 6) is 1.02. The van der Waals surface area contributed by atoms with Crippen LogP contribution in [0.5, 0.6) is 5.88 Å². The van der Waals surface area contributed by atoms with E-state index < -0.39 is 0 Å². The zero-order chi connectivity index (χ0) is 25.6. The number of carbonyl (C=O) groups is 1. The minimum absolute atomic E-state index is 0.0996. The van der Waals surface area contributed by atoms with E-state index in [0.717, 1.165) is 62.9 Å². The number of rotatable bonds is 14. The van der Waals surface area contributed by atoms with E-state index in [4.69, 9.17) is 9.47 Å². The molecular weight excluding hydrogens is 452 g/mol. The Hall–Kier alpha value is -3.09. The standard InChI is InChI=1S/C29H42N4O3/c1-4-16-33(17-5-2)25-20-27(32-30-22-24-12-9-11-23(3)19-24)31-28(21-25)35-18-10-15-29(34)36-26-13-7-6-8-14-26/h9,11-12,19-22,26H,4-8,10,13-18H2,1-3H3,(H,31,32)/b30-22+. The van der Waals surface area contributed by atoms with Crippen LogP contribution in [-0.4, -0.2) is 43.0 Å². The summed E-state index contributed by atoms with van der Waals surface area (Å²) >= 11 is 0. The fourth-order valence-corrected chi connectivity index (χ4v) is 4.46. The fourth-order valence-electron chi connectivity index (χ4n) is 4.46. The number of nitrogens with one attached hydrogen (secondary N) is 1. The van der Waals surface area contributed by atoms with Gasteiger partial charge in [-0.2, -0.15) is 10.1 Å². The average molecular weight is 495 g/mol. The van der Waals surface area contributed by atoms with Gasteiger partial charge in [-0.1, -0.05) is 50.1 Å². The van der Waals surface area contributed by atoms with E-state index in [1.54, 1.807) is 6.21 Å². The molecule has 1 heterocycles. The van der Waals surface area contributed by atoms with E-state index in [2.05, 4.69) is 53.3 Å². The number of hydrazone groups is 1. The number of aryl methyl sites for hydroxylation is 1. The first-order valence-corrected chi connectivity index (χ1v) is 13.5. The highest BCUT2D eigenvalue weighted by atomic mass is 16.5. The smallest absolute Gasteiger partial charge is 0.306 e. The zero-order valence-electron chi connectivity index (χ0n) is 22.2. The lowest BCUT2D eigenvalue weighted by molar-refractivity contribution is -0.150. The summed E-state index contributed by atoms with van der Waals surface area (Å²) in [5.41, 5.74) is 6.32. The quantitative estimate of drug-likeness (QED) is 0.140. The number of pyridine rings is 1. The number of nitrogens with zero attached hydrogens (tertiary/aromatic N) is 3. The van der Waals surface area contributed by atoms with Crippen LogP contribution in [0.4, 0.5) is 11.5 Å². The molecule has 0 radical (unpaired) electrons. The molecule has 196 valence electrons. The van der Waals surface area contributed by atoms with Crippen LogP contribution in [0.15, 0.2) is 41.5 Å². The molecule has 0 aliphatic heterocycles. The molecule has 0 spiro atoms. The normalized spacial score (nSPS) is 14.1. The lowest BCUT2D eigenvalue weighted by atomic mass is 9.98. The van der Waals surface area contributed by atoms with Crippen molar-refractivity contribution in [3.05, 3.63) is 47.5 Å². The Labute approximate surface area is 216 Å². The molecule has 0 bridgehead atoms. The maximum Gasteiger partial charge on any atom is 0.306 e. The van der Waals surface area contributed by atoms with Crippen LogP contribution in [0, 0.1) is 6.92 Å². The number of anilines is 2. The molecule has 0 unspecified atom stereocenters. The van der Waals surface area contributed by atoms with Crippen molar-refractivity contribution in [2.24, 2.45) is 5.10 Å². The molecule has 2 aromatic rings. The number of aromatic nitrogens is 1. The largest absolute Gasteiger partial charge is 0.478 e. The molecular formula is C29H42N4O3. The predicted molar refractivity (Wildman–Crippen MR) is 147 cm³/mol. The van der Waals surface area contributed by atoms with Gasteiger partial charge in [0.2, 0.25) is 5.88 Å². The monoisotopic (exact) mass is 494 g/mol. The van der Waals surface area contributed by atoms with Crippen LogP contribution in [0.1, 0.15) is 82.8 Å². The Morgan fingerprint density at radius 2 is 1.92 bits per heavy atom. The first kappa shape index (κ1) is 27.5. The van der Waals surface area contributed by atoms with E-state index in [9.17, 15) is 4.79 Å². The molecule has 7 heteroatoms. The van der Waals surface area contributed by atoms with Crippen LogP contribution in [-0.2, 0) is 9.53 Å². The molecule has 1 aromatic carbocycles. The lowest BCUT2D eigenvalue weighted by Gasteiger charge is -2.24. The maximum absolute atomic E-state index is 12.2. The Kier molecular flexibility index (Phi) is 11.5. The van der Waals surface area contributed by atoms with Crippen LogP contribution in [0.25, 0.3) is 0 Å². The van der Waals surface area contributed by atoms with Gasteiger partial charge in [0.05, 0.1) is 12.8 Å². The average Bonchev–Trinajstić information content (AvgIpc) is 2.87. The molecule has 0 saturated heterocycles. The van der Waals surface area contributed by atoms with Gasteiger partial charge in [-0.3, -0.25) is 10.2 Å². The summed E-state index contributed by atoms with van der Waals surface area (Å²) in [7, 11) is 0. The van der Waals surface area contributed by atoms with Gasteiger partial charge in [0.25, 0.3) is 0 Å². The molecule has 1 N–H and O–H groups in total. The second kappa shape index (κ2) is 15.1. The van der Waals surface area contributed by atoms with Gasteiger partial charge in [-0.05, 0) is 57.4 Å². The van der Waals surface area contributed by atoms with E-state index in [-0.39, 0.29) is 12.1 Å². The Bertz CT molecular complexity index is 967. The van der Waals surface area contributed by atoms with Crippen molar-refractivity contribution in [3.63, 3.8) is 0 Å². The molecule has 1 aliphatic rings. The Morgan fingerprint density at radius 1 is 1.14 bits per heavy atom. The van der Waals surface area contributed by atoms with Gasteiger partial charge in [0.15, 0.2) is 5.82 Å². The van der Waals surface area contributed by atoms with Crippen LogP contribution in [0.3, 0.4) is 0 Å². The van der Waals surface area contributed by atoms with E-state index in [0.29, 0.717) is 31.1 Å². The van der Waals surface area contributed by atoms with Crippen molar-refractivity contribution < 1.29 is 14.3 Å². The second-order valence-corrected chi connectivity index (χ2v) is 9.52. The minimum Gasteiger partial charge on any atom is -0.478 e. The third-order valence-corrected chi connectivity index (χ3v) is 6.20. The molecule has 1 fully saturated rings. The van der Waals surface area contributed by atoms with Crippen molar-refractivity contribution in [2.45, 2.75) is 84.7 Å². The first-order valence-electron chi connectivity index (χ1n) is 13.5. The first-order chi connectivity index (χ1) is 17.6. The van der Waals surface area contributed by atoms with Gasteiger partial charge in [0.1, 0.15) is 6.10 Å². The molecule has 1 aromatic heterocycles. The molecule has 1 aliphatic carbocycles. The van der Waals surface area contributed by atoms with E-state index >= 15 is 0 Å². The van der Waals surface area contributed by atoms with Gasteiger partial charge >= 0.3 is 5.97 Å². The number of hydrogen-bond donors (Lipinski definition) is 1. The number of esters is 1. The van der Waals surface area contributed by atoms with Crippen LogP contribution < -0.4 is 15.1 Å². The van der Waals surface area contributed by atoms with Crippen molar-refractivity contribution in [1.82, 2.24) is 4.98 Å². The Balaban J connectivity index is 1.61. The van der Waals surface area contributed by atoms with Crippen molar-refractivity contribution in [1.29, 1.82) is 0 Å². The van der Waals surface area contributed by atoms with Crippen LogP contribution >= 0.6 is 0 Å². The van der Waals surface area contributed by atoms with Gasteiger partial charge in [-0.25, -0.2) is 0 Å². The summed E-state index contributed by atoms with van der Waals surface area (Å²) in [6.45, 7) is 8.74. The summed E-state index contributed by atoms with van der Waals surface area (Å²) in [5, 5.41) is 4.39. The van der Waals surface area contributed by atoms with Crippen molar-refractivity contribution in [2.75, 3.05) is 30.0 Å². The van der Waals surface area contributed by atoms with Gasteiger partial charge < -0.3 is 14.4 Å². The summed E-state index contributed by atoms with van der Waals surface area (Å²) in [6, 6.07) is 12.1. The predicted octanol–water partition coefficient (Wildman–Crippen LogP) is 6.50. The van der Waals surface area contributed by atoms with Gasteiger partial charge in [-0.15, -0.1) is 0 Å². The molecule has 0 atom stereocenters. The molecule has 7 nitrogen and oxygen atoms in total.